The van der Waals surface area contributed by atoms with Crippen LogP contribution in [0.15, 0.2) is 6.07 Å². The van der Waals surface area contributed by atoms with Crippen LogP contribution in [0.5, 0.6) is 0 Å². The molecule has 1 N–H and O–H groups in total. The summed E-state index contributed by atoms with van der Waals surface area (Å²) in [6, 6.07) is 1.66. The number of rotatable bonds is 5. The van der Waals surface area contributed by atoms with Gasteiger partial charge in [0.05, 0.1) is 11.9 Å². The number of hydrogen-bond donors (Lipinski definition) is 1. The minimum Gasteiger partial charge on any atom is -0.462 e. The summed E-state index contributed by atoms with van der Waals surface area (Å²) in [6.07, 6.45) is 1.43. The number of anilines is 1. The molecule has 0 aromatic carbocycles. The van der Waals surface area contributed by atoms with E-state index < -0.39 is 16.0 Å². The van der Waals surface area contributed by atoms with Crippen molar-refractivity contribution in [1.29, 1.82) is 0 Å². The first-order chi connectivity index (χ1) is 8.44. The zero-order valence-electron chi connectivity index (χ0n) is 10.2. The maximum absolute atomic E-state index is 11.8. The van der Waals surface area contributed by atoms with Gasteiger partial charge in [-0.25, -0.2) is 13.2 Å². The quantitative estimate of drug-likeness (QED) is 0.843. The zero-order chi connectivity index (χ0) is 13.3. The Morgan fingerprint density at radius 3 is 2.78 bits per heavy atom. The van der Waals surface area contributed by atoms with Crippen LogP contribution in [0.1, 0.15) is 35.0 Å². The van der Waals surface area contributed by atoms with Crippen LogP contribution in [-0.4, -0.2) is 26.2 Å². The molecule has 100 valence electrons. The molecule has 1 fully saturated rings. The molecule has 0 atom stereocenters. The standard InChI is InChI=1S/C11H15NO4S2/c1-3-16-11(13)10-7(2)6-9(17-10)12-18(14,15)8-4-5-8/h6,8,12H,3-5H2,1-2H3. The molecule has 18 heavy (non-hydrogen) atoms. The van der Waals surface area contributed by atoms with Gasteiger partial charge in [-0.3, -0.25) is 4.72 Å². The van der Waals surface area contributed by atoms with Crippen molar-refractivity contribution in [1.82, 2.24) is 0 Å². The van der Waals surface area contributed by atoms with E-state index in [-0.39, 0.29) is 5.25 Å². The van der Waals surface area contributed by atoms with Crippen LogP contribution in [0.4, 0.5) is 5.00 Å². The Labute approximate surface area is 110 Å². The third-order valence-electron chi connectivity index (χ3n) is 2.58. The highest BCUT2D eigenvalue weighted by molar-refractivity contribution is 7.93. The Kier molecular flexibility index (Phi) is 3.63. The molecular weight excluding hydrogens is 274 g/mol. The molecule has 1 aliphatic carbocycles. The van der Waals surface area contributed by atoms with Gasteiger partial charge < -0.3 is 4.74 Å². The number of esters is 1. The summed E-state index contributed by atoms with van der Waals surface area (Å²) in [7, 11) is -3.27. The average Bonchev–Trinajstić information content (AvgIpc) is 3.05. The Morgan fingerprint density at radius 1 is 1.56 bits per heavy atom. The summed E-state index contributed by atoms with van der Waals surface area (Å²) < 4.78 is 30.9. The molecule has 0 aliphatic heterocycles. The minimum atomic E-state index is -3.27. The van der Waals surface area contributed by atoms with E-state index >= 15 is 0 Å². The monoisotopic (exact) mass is 289 g/mol. The van der Waals surface area contributed by atoms with Gasteiger partial charge in [0.25, 0.3) is 0 Å². The van der Waals surface area contributed by atoms with Crippen molar-refractivity contribution in [2.45, 2.75) is 31.9 Å². The van der Waals surface area contributed by atoms with Crippen molar-refractivity contribution < 1.29 is 17.9 Å². The predicted octanol–water partition coefficient (Wildman–Crippen LogP) is 2.14. The van der Waals surface area contributed by atoms with Crippen molar-refractivity contribution in [3.05, 3.63) is 16.5 Å². The van der Waals surface area contributed by atoms with Crippen molar-refractivity contribution >= 4 is 32.3 Å². The molecule has 1 heterocycles. The van der Waals surface area contributed by atoms with E-state index in [9.17, 15) is 13.2 Å². The lowest BCUT2D eigenvalue weighted by Gasteiger charge is -2.02. The summed E-state index contributed by atoms with van der Waals surface area (Å²) in [4.78, 5) is 12.1. The maximum atomic E-state index is 11.8. The summed E-state index contributed by atoms with van der Waals surface area (Å²) in [5, 5.41) is 0.202. The molecule has 1 aromatic heterocycles. The highest BCUT2D eigenvalue weighted by Crippen LogP contribution is 2.33. The van der Waals surface area contributed by atoms with Gasteiger partial charge in [-0.1, -0.05) is 0 Å². The second kappa shape index (κ2) is 4.89. The first-order valence-corrected chi connectivity index (χ1v) is 8.09. The molecule has 0 unspecified atom stereocenters. The fourth-order valence-electron chi connectivity index (χ4n) is 1.53. The molecule has 1 aromatic rings. The largest absolute Gasteiger partial charge is 0.462 e. The zero-order valence-corrected chi connectivity index (χ0v) is 11.9. The fourth-order valence-corrected chi connectivity index (χ4v) is 4.13. The SMILES string of the molecule is CCOC(=O)c1sc(NS(=O)(=O)C2CC2)cc1C. The summed E-state index contributed by atoms with van der Waals surface area (Å²) in [5.41, 5.74) is 0.729. The van der Waals surface area contributed by atoms with Gasteiger partial charge in [-0.05, 0) is 38.3 Å². The Balaban J connectivity index is 2.16. The van der Waals surface area contributed by atoms with Gasteiger partial charge in [0.2, 0.25) is 10.0 Å². The molecule has 0 radical (unpaired) electrons. The number of nitrogens with one attached hydrogen (secondary N) is 1. The molecule has 2 rings (SSSR count). The smallest absolute Gasteiger partial charge is 0.348 e. The molecular formula is C11H15NO4S2. The van der Waals surface area contributed by atoms with Crippen molar-refractivity contribution in [3.8, 4) is 0 Å². The summed E-state index contributed by atoms with van der Waals surface area (Å²) in [6.45, 7) is 3.80. The fraction of sp³-hybridized carbons (Fsp3) is 0.545. The molecule has 0 spiro atoms. The van der Waals surface area contributed by atoms with Crippen LogP contribution < -0.4 is 4.72 Å². The molecule has 7 heteroatoms. The van der Waals surface area contributed by atoms with Gasteiger partial charge in [0.15, 0.2) is 0 Å². The van der Waals surface area contributed by atoms with Gasteiger partial charge >= 0.3 is 5.97 Å². The lowest BCUT2D eigenvalue weighted by atomic mass is 10.3. The summed E-state index contributed by atoms with van der Waals surface area (Å²) in [5.74, 6) is -0.406. The molecule has 1 saturated carbocycles. The van der Waals surface area contributed by atoms with Gasteiger partial charge in [0.1, 0.15) is 9.88 Å². The van der Waals surface area contributed by atoms with Crippen LogP contribution in [0.25, 0.3) is 0 Å². The van der Waals surface area contributed by atoms with E-state index in [1.165, 1.54) is 0 Å². The number of aryl methyl sites for hydroxylation is 1. The van der Waals surface area contributed by atoms with Gasteiger partial charge in [-0.2, -0.15) is 0 Å². The van der Waals surface area contributed by atoms with Crippen molar-refractivity contribution in [2.24, 2.45) is 0 Å². The van der Waals surface area contributed by atoms with Gasteiger partial charge in [0, 0.05) is 0 Å². The number of sulfonamides is 1. The second-order valence-electron chi connectivity index (χ2n) is 4.19. The second-order valence-corrected chi connectivity index (χ2v) is 7.20. The molecule has 5 nitrogen and oxygen atoms in total. The lowest BCUT2D eigenvalue weighted by Crippen LogP contribution is -2.16. The molecule has 0 bridgehead atoms. The Bertz CT molecular complexity index is 558. The number of carbonyl (C=O) groups is 1. The van der Waals surface area contributed by atoms with E-state index in [2.05, 4.69) is 4.72 Å². The Hall–Kier alpha value is -1.08. The maximum Gasteiger partial charge on any atom is 0.348 e. The van der Waals surface area contributed by atoms with E-state index in [0.29, 0.717) is 29.3 Å². The lowest BCUT2D eigenvalue weighted by molar-refractivity contribution is 0.0531. The molecule has 0 saturated heterocycles. The third kappa shape index (κ3) is 2.84. The normalized spacial score (nSPS) is 15.4. The van der Waals surface area contributed by atoms with Crippen LogP contribution in [0, 0.1) is 6.92 Å². The van der Waals surface area contributed by atoms with E-state index in [4.69, 9.17) is 4.74 Å². The van der Waals surface area contributed by atoms with Crippen LogP contribution >= 0.6 is 11.3 Å². The van der Waals surface area contributed by atoms with E-state index in [0.717, 1.165) is 16.9 Å². The molecule has 1 aliphatic rings. The first-order valence-electron chi connectivity index (χ1n) is 5.73. The average molecular weight is 289 g/mol. The third-order valence-corrected chi connectivity index (χ3v) is 5.70. The topological polar surface area (TPSA) is 72.5 Å². The van der Waals surface area contributed by atoms with E-state index in [1.807, 2.05) is 0 Å². The number of thiophene rings is 1. The van der Waals surface area contributed by atoms with Crippen LogP contribution in [-0.2, 0) is 14.8 Å². The number of carbonyl (C=O) groups excluding carboxylic acids is 1. The van der Waals surface area contributed by atoms with Crippen molar-refractivity contribution in [3.63, 3.8) is 0 Å². The van der Waals surface area contributed by atoms with Crippen LogP contribution in [0.2, 0.25) is 0 Å². The highest BCUT2D eigenvalue weighted by atomic mass is 32.2. The van der Waals surface area contributed by atoms with Crippen LogP contribution in [0.3, 0.4) is 0 Å². The number of hydrogen-bond acceptors (Lipinski definition) is 5. The van der Waals surface area contributed by atoms with Gasteiger partial charge in [-0.15, -0.1) is 11.3 Å². The molecule has 0 amide bonds. The summed E-state index contributed by atoms with van der Waals surface area (Å²) >= 11 is 1.11. The first kappa shape index (κ1) is 13.4. The van der Waals surface area contributed by atoms with E-state index in [1.54, 1.807) is 19.9 Å². The predicted molar refractivity (Wildman–Crippen MR) is 70.6 cm³/mol. The highest BCUT2D eigenvalue weighted by Gasteiger charge is 2.36. The number of ether oxygens (including phenoxy) is 1. The minimum absolute atomic E-state index is 0.272. The van der Waals surface area contributed by atoms with Crippen molar-refractivity contribution in [2.75, 3.05) is 11.3 Å². The Morgan fingerprint density at radius 2 is 2.22 bits per heavy atom.